The number of hydrogen-bond acceptors (Lipinski definition) is 5. The first-order valence-electron chi connectivity index (χ1n) is 10.9. The quantitative estimate of drug-likeness (QED) is 0.705. The van der Waals surface area contributed by atoms with E-state index in [1.807, 2.05) is 4.90 Å². The summed E-state index contributed by atoms with van der Waals surface area (Å²) in [5.41, 5.74) is 2.65. The number of aromatic nitrogens is 3. The minimum atomic E-state index is 0.197. The molecule has 1 aromatic carbocycles. The summed E-state index contributed by atoms with van der Waals surface area (Å²) >= 11 is 1.56. The molecule has 3 heterocycles. The molecule has 6 nitrogen and oxygen atoms in total. The smallest absolute Gasteiger partial charge is 0.233 e. The van der Waals surface area contributed by atoms with Crippen molar-refractivity contribution in [2.75, 3.05) is 30.3 Å². The molecule has 7 heteroatoms. The number of thioether (sulfide) groups is 1. The van der Waals surface area contributed by atoms with Crippen molar-refractivity contribution >= 4 is 23.6 Å². The van der Waals surface area contributed by atoms with Gasteiger partial charge in [0, 0.05) is 32.2 Å². The number of hydrogen-bond donors (Lipinski definition) is 0. The maximum Gasteiger partial charge on any atom is 0.233 e. The summed E-state index contributed by atoms with van der Waals surface area (Å²) in [5, 5.41) is 9.94. The highest BCUT2D eigenvalue weighted by Crippen LogP contribution is 2.41. The predicted octanol–water partition coefficient (Wildman–Crippen LogP) is 3.53. The topological polar surface area (TPSA) is 54.3 Å². The number of carbonyl (C=O) groups excluding carboxylic acids is 1. The van der Waals surface area contributed by atoms with Crippen LogP contribution in [0.25, 0.3) is 0 Å². The summed E-state index contributed by atoms with van der Waals surface area (Å²) in [6, 6.07) is 8.96. The molecule has 3 aliphatic rings. The van der Waals surface area contributed by atoms with E-state index in [-0.39, 0.29) is 5.91 Å². The van der Waals surface area contributed by atoms with Gasteiger partial charge in [-0.2, -0.15) is 0 Å². The van der Waals surface area contributed by atoms with Gasteiger partial charge in [0.2, 0.25) is 11.9 Å². The molecule has 154 valence electrons. The zero-order chi connectivity index (χ0) is 19.8. The van der Waals surface area contributed by atoms with E-state index in [9.17, 15) is 4.79 Å². The first kappa shape index (κ1) is 19.0. The van der Waals surface area contributed by atoms with Crippen LogP contribution in [0.3, 0.4) is 0 Å². The molecule has 0 radical (unpaired) electrons. The van der Waals surface area contributed by atoms with Gasteiger partial charge in [-0.15, -0.1) is 10.2 Å². The second kappa shape index (κ2) is 8.01. The van der Waals surface area contributed by atoms with Gasteiger partial charge in [-0.05, 0) is 49.1 Å². The van der Waals surface area contributed by atoms with E-state index >= 15 is 0 Å². The van der Waals surface area contributed by atoms with Gasteiger partial charge in [0.15, 0.2) is 5.16 Å². The SMILES string of the molecule is CC1CCN(c2nnc(SCC(=O)N3CCc4ccccc4C3)n2C2CC2)CC1. The standard InChI is InChI=1S/C22H29N5OS/c1-16-8-11-25(12-9-16)21-23-24-22(27(21)19-6-7-19)29-15-20(28)26-13-10-17-4-2-3-5-18(17)14-26/h2-5,16,19H,6-15H2,1H3. The van der Waals surface area contributed by atoms with E-state index < -0.39 is 0 Å². The van der Waals surface area contributed by atoms with Crippen LogP contribution in [0.5, 0.6) is 0 Å². The molecule has 1 saturated carbocycles. The van der Waals surface area contributed by atoms with Crippen LogP contribution in [0.1, 0.15) is 49.8 Å². The molecule has 1 amide bonds. The molecule has 0 N–H and O–H groups in total. The third-order valence-electron chi connectivity index (χ3n) is 6.43. The Kier molecular flexibility index (Phi) is 5.24. The highest BCUT2D eigenvalue weighted by Gasteiger charge is 2.33. The van der Waals surface area contributed by atoms with Crippen molar-refractivity contribution in [3.8, 4) is 0 Å². The molecule has 1 aromatic heterocycles. The Labute approximate surface area is 176 Å². The van der Waals surface area contributed by atoms with Crippen molar-refractivity contribution in [3.05, 3.63) is 35.4 Å². The fourth-order valence-corrected chi connectivity index (χ4v) is 5.27. The molecule has 0 atom stereocenters. The number of benzene rings is 1. The van der Waals surface area contributed by atoms with Gasteiger partial charge in [-0.3, -0.25) is 9.36 Å². The molecule has 2 aromatic rings. The summed E-state index contributed by atoms with van der Waals surface area (Å²) < 4.78 is 2.30. The Morgan fingerprint density at radius 1 is 1.07 bits per heavy atom. The van der Waals surface area contributed by atoms with Crippen LogP contribution in [0.4, 0.5) is 5.95 Å². The van der Waals surface area contributed by atoms with Crippen molar-refractivity contribution in [2.45, 2.75) is 56.8 Å². The Balaban J connectivity index is 1.25. The highest BCUT2D eigenvalue weighted by molar-refractivity contribution is 7.99. The number of anilines is 1. The molecule has 0 spiro atoms. The van der Waals surface area contributed by atoms with Crippen molar-refractivity contribution in [1.29, 1.82) is 0 Å². The molecule has 2 fully saturated rings. The van der Waals surface area contributed by atoms with Crippen molar-refractivity contribution in [1.82, 2.24) is 19.7 Å². The van der Waals surface area contributed by atoms with E-state index in [1.165, 1.54) is 36.8 Å². The van der Waals surface area contributed by atoms with Crippen LogP contribution in [0, 0.1) is 5.92 Å². The van der Waals surface area contributed by atoms with Gasteiger partial charge >= 0.3 is 0 Å². The van der Waals surface area contributed by atoms with Crippen LogP contribution in [0.2, 0.25) is 0 Å². The van der Waals surface area contributed by atoms with Crippen LogP contribution in [0.15, 0.2) is 29.4 Å². The third-order valence-corrected chi connectivity index (χ3v) is 7.36. The summed E-state index contributed by atoms with van der Waals surface area (Å²) in [7, 11) is 0. The molecule has 5 rings (SSSR count). The lowest BCUT2D eigenvalue weighted by molar-refractivity contribution is -0.129. The van der Waals surface area contributed by atoms with Gasteiger partial charge in [-0.25, -0.2) is 0 Å². The lowest BCUT2D eigenvalue weighted by atomic mass is 10.00. The molecule has 2 aliphatic heterocycles. The van der Waals surface area contributed by atoms with Gasteiger partial charge in [-0.1, -0.05) is 43.0 Å². The molecule has 29 heavy (non-hydrogen) atoms. The van der Waals surface area contributed by atoms with Crippen LogP contribution in [-0.4, -0.2) is 51.0 Å². The number of nitrogens with zero attached hydrogens (tertiary/aromatic N) is 5. The summed E-state index contributed by atoms with van der Waals surface area (Å²) in [6.07, 6.45) is 5.77. The molecule has 1 saturated heterocycles. The van der Waals surface area contributed by atoms with Gasteiger partial charge in [0.1, 0.15) is 0 Å². The minimum absolute atomic E-state index is 0.197. The van der Waals surface area contributed by atoms with E-state index in [0.717, 1.165) is 49.6 Å². The van der Waals surface area contributed by atoms with Crippen molar-refractivity contribution < 1.29 is 4.79 Å². The zero-order valence-corrected chi connectivity index (χ0v) is 17.9. The number of rotatable bonds is 5. The van der Waals surface area contributed by atoms with Crippen LogP contribution >= 0.6 is 11.8 Å². The molecule has 1 aliphatic carbocycles. The Morgan fingerprint density at radius 3 is 2.59 bits per heavy atom. The number of piperidine rings is 1. The van der Waals surface area contributed by atoms with Crippen LogP contribution < -0.4 is 4.90 Å². The second-order valence-corrected chi connectivity index (χ2v) is 9.62. The number of carbonyl (C=O) groups is 1. The van der Waals surface area contributed by atoms with E-state index in [4.69, 9.17) is 0 Å². The predicted molar refractivity (Wildman–Crippen MR) is 115 cm³/mol. The molecular weight excluding hydrogens is 382 g/mol. The third kappa shape index (κ3) is 4.02. The van der Waals surface area contributed by atoms with E-state index in [0.29, 0.717) is 11.8 Å². The fraction of sp³-hybridized carbons (Fsp3) is 0.591. The maximum absolute atomic E-state index is 12.9. The Morgan fingerprint density at radius 2 is 1.83 bits per heavy atom. The average molecular weight is 412 g/mol. The Hall–Kier alpha value is -2.02. The second-order valence-electron chi connectivity index (χ2n) is 8.68. The summed E-state index contributed by atoms with van der Waals surface area (Å²) in [4.78, 5) is 17.2. The Bertz CT molecular complexity index is 885. The average Bonchev–Trinajstić information content (AvgIpc) is 3.51. The van der Waals surface area contributed by atoms with Gasteiger partial charge in [0.25, 0.3) is 0 Å². The molecular formula is C22H29N5OS. The lowest BCUT2D eigenvalue weighted by Crippen LogP contribution is -2.37. The monoisotopic (exact) mass is 411 g/mol. The van der Waals surface area contributed by atoms with E-state index in [2.05, 4.69) is 50.9 Å². The van der Waals surface area contributed by atoms with Crippen LogP contribution in [-0.2, 0) is 17.8 Å². The maximum atomic E-state index is 12.9. The highest BCUT2D eigenvalue weighted by atomic mass is 32.2. The zero-order valence-electron chi connectivity index (χ0n) is 17.1. The minimum Gasteiger partial charge on any atom is -0.341 e. The van der Waals surface area contributed by atoms with Crippen molar-refractivity contribution in [2.24, 2.45) is 5.92 Å². The first-order chi connectivity index (χ1) is 14.2. The van der Waals surface area contributed by atoms with Gasteiger partial charge < -0.3 is 9.80 Å². The normalized spacial score (nSPS) is 20.0. The fourth-order valence-electron chi connectivity index (χ4n) is 4.37. The number of fused-ring (bicyclic) bond motifs is 1. The van der Waals surface area contributed by atoms with E-state index in [1.54, 1.807) is 11.8 Å². The largest absolute Gasteiger partial charge is 0.341 e. The molecule has 0 bridgehead atoms. The van der Waals surface area contributed by atoms with Crippen molar-refractivity contribution in [3.63, 3.8) is 0 Å². The summed E-state index contributed by atoms with van der Waals surface area (Å²) in [5.74, 6) is 2.44. The van der Waals surface area contributed by atoms with Gasteiger partial charge in [0.05, 0.1) is 5.75 Å². The molecule has 0 unspecified atom stereocenters. The summed E-state index contributed by atoms with van der Waals surface area (Å²) in [6.45, 7) is 5.98. The first-order valence-corrected chi connectivity index (χ1v) is 11.8. The number of amides is 1. The lowest BCUT2D eigenvalue weighted by Gasteiger charge is -2.31.